The fourth-order valence-electron chi connectivity index (χ4n) is 1.51. The van der Waals surface area contributed by atoms with Crippen LogP contribution in [-0.2, 0) is 4.79 Å². The molecule has 1 aromatic carbocycles. The van der Waals surface area contributed by atoms with Gasteiger partial charge in [-0.1, -0.05) is 0 Å². The Bertz CT molecular complexity index is 524. The summed E-state index contributed by atoms with van der Waals surface area (Å²) in [4.78, 5) is 23.9. The number of nitrogens with one attached hydrogen (secondary N) is 2. The number of halogens is 1. The van der Waals surface area contributed by atoms with Crippen LogP contribution in [0.4, 0.5) is 5.69 Å². The van der Waals surface area contributed by atoms with Gasteiger partial charge in [0.2, 0.25) is 5.91 Å². The summed E-state index contributed by atoms with van der Waals surface area (Å²) < 4.78 is 0.729. The lowest BCUT2D eigenvalue weighted by molar-refractivity contribution is -0.124. The summed E-state index contributed by atoms with van der Waals surface area (Å²) in [6.07, 6.45) is 0. The summed E-state index contributed by atoms with van der Waals surface area (Å²) in [6, 6.07) is 4.29. The molecule has 4 N–H and O–H groups in total. The first kappa shape index (κ1) is 16.5. The number of nitrogens with two attached hydrogens (primary N) is 1. The summed E-state index contributed by atoms with van der Waals surface area (Å²) in [5.74, 6) is -0.559. The van der Waals surface area contributed by atoms with E-state index in [0.29, 0.717) is 11.3 Å². The number of anilines is 1. The first-order valence-corrected chi connectivity index (χ1v) is 7.07. The Morgan fingerprint density at radius 1 is 1.30 bits per heavy atom. The van der Waals surface area contributed by atoms with Crippen LogP contribution in [0.1, 0.15) is 38.1 Å². The molecule has 0 saturated carbocycles. The highest BCUT2D eigenvalue weighted by Gasteiger charge is 2.21. The first-order valence-electron chi connectivity index (χ1n) is 6.28. The largest absolute Gasteiger partial charge is 0.398 e. The van der Waals surface area contributed by atoms with E-state index in [1.807, 2.05) is 20.8 Å². The fraction of sp³-hybridized carbons (Fsp3) is 0.429. The summed E-state index contributed by atoms with van der Waals surface area (Å²) >= 11 is 3.26. The van der Waals surface area contributed by atoms with Crippen molar-refractivity contribution >= 4 is 33.4 Å². The monoisotopic (exact) mass is 341 g/mol. The van der Waals surface area contributed by atoms with Crippen molar-refractivity contribution in [2.75, 3.05) is 5.73 Å². The van der Waals surface area contributed by atoms with Crippen molar-refractivity contribution in [1.82, 2.24) is 10.6 Å². The Morgan fingerprint density at radius 3 is 2.40 bits per heavy atom. The van der Waals surface area contributed by atoms with Crippen LogP contribution in [0, 0.1) is 0 Å². The van der Waals surface area contributed by atoms with Gasteiger partial charge in [-0.3, -0.25) is 9.59 Å². The molecule has 0 aliphatic carbocycles. The minimum Gasteiger partial charge on any atom is -0.398 e. The Hall–Kier alpha value is -1.56. The Morgan fingerprint density at radius 2 is 1.90 bits per heavy atom. The van der Waals surface area contributed by atoms with E-state index >= 15 is 0 Å². The molecule has 0 heterocycles. The molecule has 0 radical (unpaired) electrons. The van der Waals surface area contributed by atoms with Crippen LogP contribution >= 0.6 is 15.9 Å². The van der Waals surface area contributed by atoms with Crippen LogP contribution in [0.3, 0.4) is 0 Å². The van der Waals surface area contributed by atoms with Crippen molar-refractivity contribution in [2.24, 2.45) is 0 Å². The lowest BCUT2D eigenvalue weighted by atomic mass is 10.1. The summed E-state index contributed by atoms with van der Waals surface area (Å²) in [5.41, 5.74) is 6.28. The topological polar surface area (TPSA) is 84.2 Å². The summed E-state index contributed by atoms with van der Waals surface area (Å²) in [7, 11) is 0. The van der Waals surface area contributed by atoms with E-state index in [9.17, 15) is 9.59 Å². The number of nitrogen functional groups attached to an aromatic ring is 1. The third-order valence-corrected chi connectivity index (χ3v) is 3.22. The van der Waals surface area contributed by atoms with Crippen molar-refractivity contribution in [3.05, 3.63) is 28.2 Å². The van der Waals surface area contributed by atoms with Gasteiger partial charge in [-0.15, -0.1) is 0 Å². The second kappa shape index (κ2) is 6.26. The lowest BCUT2D eigenvalue weighted by Gasteiger charge is -2.23. The molecular formula is C14H20BrN3O2. The normalized spacial score (nSPS) is 12.7. The average molecular weight is 342 g/mol. The van der Waals surface area contributed by atoms with Crippen LogP contribution in [-0.4, -0.2) is 23.4 Å². The van der Waals surface area contributed by atoms with Crippen molar-refractivity contribution in [1.29, 1.82) is 0 Å². The van der Waals surface area contributed by atoms with Gasteiger partial charge in [0, 0.05) is 21.3 Å². The van der Waals surface area contributed by atoms with Gasteiger partial charge in [0.1, 0.15) is 6.04 Å². The van der Waals surface area contributed by atoms with Crippen molar-refractivity contribution < 1.29 is 9.59 Å². The molecule has 0 fully saturated rings. The van der Waals surface area contributed by atoms with Gasteiger partial charge < -0.3 is 16.4 Å². The Balaban J connectivity index is 2.70. The molecule has 5 nitrogen and oxygen atoms in total. The molecule has 1 rings (SSSR count). The molecule has 0 bridgehead atoms. The number of benzene rings is 1. The minimum absolute atomic E-state index is 0.226. The van der Waals surface area contributed by atoms with Crippen LogP contribution in [0.2, 0.25) is 0 Å². The van der Waals surface area contributed by atoms with Crippen LogP contribution in [0.5, 0.6) is 0 Å². The minimum atomic E-state index is -0.619. The highest BCUT2D eigenvalue weighted by molar-refractivity contribution is 9.10. The maximum Gasteiger partial charge on any atom is 0.251 e. The highest BCUT2D eigenvalue weighted by Crippen LogP contribution is 2.20. The summed E-state index contributed by atoms with van der Waals surface area (Å²) in [5, 5.41) is 5.45. The second-order valence-corrected chi connectivity index (χ2v) is 6.53. The number of carbonyl (C=O) groups excluding carboxylic acids is 2. The SMILES string of the molecule is CC(NC(=O)c1ccc(Br)c(N)c1)C(=O)NC(C)(C)C. The molecule has 0 aliphatic heterocycles. The average Bonchev–Trinajstić information content (AvgIpc) is 2.30. The molecule has 2 amide bonds. The van der Waals surface area contributed by atoms with Crippen LogP contribution in [0.15, 0.2) is 22.7 Å². The number of hydrogen-bond donors (Lipinski definition) is 3. The molecule has 1 aromatic rings. The molecule has 0 aliphatic rings. The lowest BCUT2D eigenvalue weighted by Crippen LogP contribution is -2.50. The molecule has 0 saturated heterocycles. The van der Waals surface area contributed by atoms with Gasteiger partial charge in [-0.05, 0) is 61.8 Å². The second-order valence-electron chi connectivity index (χ2n) is 5.67. The molecule has 6 heteroatoms. The smallest absolute Gasteiger partial charge is 0.251 e. The van der Waals surface area contributed by atoms with Gasteiger partial charge in [0.25, 0.3) is 5.91 Å². The number of carbonyl (C=O) groups is 2. The Kier molecular flexibility index (Phi) is 5.16. The summed E-state index contributed by atoms with van der Waals surface area (Å²) in [6.45, 7) is 7.29. The fourth-order valence-corrected chi connectivity index (χ4v) is 1.75. The standard InChI is InChI=1S/C14H20BrN3O2/c1-8(12(19)18-14(2,3)4)17-13(20)9-5-6-10(15)11(16)7-9/h5-8H,16H2,1-4H3,(H,17,20)(H,18,19). The van der Waals surface area contributed by atoms with Gasteiger partial charge in [0.05, 0.1) is 0 Å². The molecule has 1 unspecified atom stereocenters. The van der Waals surface area contributed by atoms with E-state index in [2.05, 4.69) is 26.6 Å². The van der Waals surface area contributed by atoms with Crippen LogP contribution < -0.4 is 16.4 Å². The molecule has 110 valence electrons. The van der Waals surface area contributed by atoms with Gasteiger partial charge in [0.15, 0.2) is 0 Å². The van der Waals surface area contributed by atoms with Gasteiger partial charge >= 0.3 is 0 Å². The van der Waals surface area contributed by atoms with Crippen molar-refractivity contribution in [2.45, 2.75) is 39.3 Å². The van der Waals surface area contributed by atoms with E-state index in [1.165, 1.54) is 0 Å². The first-order chi connectivity index (χ1) is 9.10. The predicted molar refractivity (Wildman–Crippen MR) is 83.4 cm³/mol. The molecule has 0 spiro atoms. The maximum absolute atomic E-state index is 12.0. The van der Waals surface area contributed by atoms with Crippen LogP contribution in [0.25, 0.3) is 0 Å². The van der Waals surface area contributed by atoms with Gasteiger partial charge in [-0.25, -0.2) is 0 Å². The van der Waals surface area contributed by atoms with Crippen molar-refractivity contribution in [3.8, 4) is 0 Å². The van der Waals surface area contributed by atoms with E-state index < -0.39 is 6.04 Å². The predicted octanol–water partition coefficient (Wildman–Crippen LogP) is 2.06. The van der Waals surface area contributed by atoms with E-state index in [4.69, 9.17) is 5.73 Å². The van der Waals surface area contributed by atoms with E-state index in [-0.39, 0.29) is 17.4 Å². The van der Waals surface area contributed by atoms with E-state index in [0.717, 1.165) is 4.47 Å². The number of rotatable bonds is 3. The number of hydrogen-bond acceptors (Lipinski definition) is 3. The molecule has 0 aromatic heterocycles. The zero-order chi connectivity index (χ0) is 15.5. The molecule has 20 heavy (non-hydrogen) atoms. The van der Waals surface area contributed by atoms with Crippen molar-refractivity contribution in [3.63, 3.8) is 0 Å². The third-order valence-electron chi connectivity index (χ3n) is 2.50. The maximum atomic E-state index is 12.0. The zero-order valence-electron chi connectivity index (χ0n) is 12.1. The highest BCUT2D eigenvalue weighted by atomic mass is 79.9. The molecular weight excluding hydrogens is 322 g/mol. The molecule has 1 atom stereocenters. The van der Waals surface area contributed by atoms with E-state index in [1.54, 1.807) is 25.1 Å². The quantitative estimate of drug-likeness (QED) is 0.735. The Labute approximate surface area is 127 Å². The zero-order valence-corrected chi connectivity index (χ0v) is 13.7. The number of amides is 2. The third kappa shape index (κ3) is 4.85. The van der Waals surface area contributed by atoms with Gasteiger partial charge in [-0.2, -0.15) is 0 Å².